The summed E-state index contributed by atoms with van der Waals surface area (Å²) >= 11 is 0. The van der Waals surface area contributed by atoms with Crippen molar-refractivity contribution in [2.45, 2.75) is 20.3 Å². The Hall–Kier alpha value is -0.781. The number of allylic oxidation sites excluding steroid dienone is 4. The van der Waals surface area contributed by atoms with Crippen molar-refractivity contribution in [2.24, 2.45) is 0 Å². The fraction of sp³-hybridized carbons (Fsp3) is 0.214. The van der Waals surface area contributed by atoms with Gasteiger partial charge in [0.25, 0.3) is 0 Å². The Labute approximate surface area is 105 Å². The third-order valence-corrected chi connectivity index (χ3v) is 1.19. The smallest absolute Gasteiger partial charge is 0.335 e. The van der Waals surface area contributed by atoms with Crippen LogP contribution in [0.3, 0.4) is 0 Å². The van der Waals surface area contributed by atoms with Crippen LogP contribution in [0.5, 0.6) is 0 Å². The third-order valence-electron chi connectivity index (χ3n) is 1.19. The van der Waals surface area contributed by atoms with Gasteiger partial charge in [0.2, 0.25) is 0 Å². The topological polar surface area (TPSA) is 0 Å². The summed E-state index contributed by atoms with van der Waals surface area (Å²) in [4.78, 5) is 0. The van der Waals surface area contributed by atoms with E-state index in [4.69, 9.17) is 0 Å². The third kappa shape index (κ3) is 15.9. The Morgan fingerprint density at radius 3 is 1.80 bits per heavy atom. The first-order valence-electron chi connectivity index (χ1n) is 4.78. The molecule has 0 N–H and O–H groups in total. The summed E-state index contributed by atoms with van der Waals surface area (Å²) in [5.74, 6) is 0. The molecule has 0 bridgehead atoms. The van der Waals surface area contributed by atoms with Gasteiger partial charge in [-0.1, -0.05) is 0 Å². The van der Waals surface area contributed by atoms with E-state index >= 15 is 0 Å². The van der Waals surface area contributed by atoms with Gasteiger partial charge < -0.3 is 6.42 Å². The Kier molecular flexibility index (Phi) is 17.4. The van der Waals surface area contributed by atoms with Gasteiger partial charge in [-0.2, -0.15) is 56.3 Å². The Balaban J connectivity index is 0. The van der Waals surface area contributed by atoms with E-state index in [1.165, 1.54) is 0 Å². The minimum Gasteiger partial charge on any atom is -0.335 e. The van der Waals surface area contributed by atoms with Gasteiger partial charge in [0.1, 0.15) is 0 Å². The van der Waals surface area contributed by atoms with Crippen molar-refractivity contribution in [3.05, 3.63) is 67.1 Å². The molecule has 1 aliphatic carbocycles. The van der Waals surface area contributed by atoms with Gasteiger partial charge >= 0.3 is 17.1 Å². The number of benzene rings is 1. The van der Waals surface area contributed by atoms with Gasteiger partial charge in [0.05, 0.1) is 0 Å². The fourth-order valence-electron chi connectivity index (χ4n) is 0.682. The van der Waals surface area contributed by atoms with E-state index in [9.17, 15) is 0 Å². The van der Waals surface area contributed by atoms with Crippen molar-refractivity contribution in [3.63, 3.8) is 0 Å². The van der Waals surface area contributed by atoms with Crippen LogP contribution in [0.15, 0.2) is 48.6 Å². The molecule has 1 heteroatoms. The minimum absolute atomic E-state index is 0. The van der Waals surface area contributed by atoms with Crippen LogP contribution in [0.4, 0.5) is 0 Å². The Morgan fingerprint density at radius 2 is 1.67 bits per heavy atom. The maximum absolute atomic E-state index is 2.99. The molecule has 1 aliphatic rings. The molecule has 0 nitrogen and oxygen atoms in total. The summed E-state index contributed by atoms with van der Waals surface area (Å²) in [7, 11) is 0. The molecule has 0 fully saturated rings. The van der Waals surface area contributed by atoms with Crippen LogP contribution in [-0.2, 0) is 17.1 Å². The van der Waals surface area contributed by atoms with Crippen LogP contribution >= 0.6 is 0 Å². The van der Waals surface area contributed by atoms with Crippen LogP contribution in [-0.4, -0.2) is 0 Å². The molecule has 0 saturated heterocycles. The first-order chi connectivity index (χ1) is 6.91. The predicted octanol–water partition coefficient (Wildman–Crippen LogP) is 4.02. The van der Waals surface area contributed by atoms with Gasteiger partial charge in [0.15, 0.2) is 0 Å². The molecule has 2 rings (SSSR count). The van der Waals surface area contributed by atoms with Crippen molar-refractivity contribution >= 4 is 0 Å². The molecule has 1 radical (unpaired) electrons. The molecule has 0 aromatic heterocycles. The summed E-state index contributed by atoms with van der Waals surface area (Å²) in [5, 5.41) is 0. The zero-order valence-corrected chi connectivity index (χ0v) is 10.4. The molecule has 0 spiro atoms. The average Bonchev–Trinajstić information content (AvgIpc) is 2.80. The average molecular weight is 241 g/mol. The second-order valence-electron chi connectivity index (χ2n) is 2.66. The second kappa shape index (κ2) is 15.7. The summed E-state index contributed by atoms with van der Waals surface area (Å²) in [6.45, 7) is 4.00. The van der Waals surface area contributed by atoms with E-state index in [-0.39, 0.29) is 17.1 Å². The number of hydrogen-bond donors (Lipinski definition) is 0. The largest absolute Gasteiger partial charge is 3.00 e. The molecular formula is C14H17Fe. The quantitative estimate of drug-likeness (QED) is 0.475. The first kappa shape index (κ1) is 16.6. The van der Waals surface area contributed by atoms with Gasteiger partial charge in [-0.15, -0.1) is 6.42 Å². The zero-order valence-electron chi connectivity index (χ0n) is 9.26. The maximum atomic E-state index is 2.99. The van der Waals surface area contributed by atoms with Crippen molar-refractivity contribution in [1.82, 2.24) is 0 Å². The van der Waals surface area contributed by atoms with Crippen LogP contribution in [0.1, 0.15) is 20.3 Å². The van der Waals surface area contributed by atoms with Gasteiger partial charge in [-0.05, 0) is 0 Å². The van der Waals surface area contributed by atoms with Crippen molar-refractivity contribution < 1.29 is 17.1 Å². The maximum Gasteiger partial charge on any atom is 3.00 e. The molecule has 1 aromatic rings. The first-order valence-corrected chi connectivity index (χ1v) is 4.78. The fourth-order valence-corrected chi connectivity index (χ4v) is 0.682. The number of hydrogen-bond acceptors (Lipinski definition) is 0. The molecule has 1 aromatic carbocycles. The van der Waals surface area contributed by atoms with E-state index in [0.29, 0.717) is 0 Å². The van der Waals surface area contributed by atoms with Crippen LogP contribution in [0, 0.1) is 18.6 Å². The molecule has 0 unspecified atom stereocenters. The van der Waals surface area contributed by atoms with Gasteiger partial charge in [-0.3, -0.25) is 6.08 Å². The molecule has 0 atom stereocenters. The van der Waals surface area contributed by atoms with Crippen molar-refractivity contribution in [2.75, 3.05) is 0 Å². The van der Waals surface area contributed by atoms with E-state index in [1.807, 2.05) is 62.8 Å². The molecule has 0 aliphatic heterocycles. The SMILES string of the molecule is C[CH-]C.[C-]1=CC=CC1.[Fe+3].[c-]1ccccc1. The van der Waals surface area contributed by atoms with Crippen molar-refractivity contribution in [3.8, 4) is 0 Å². The summed E-state index contributed by atoms with van der Waals surface area (Å²) in [6.07, 6.45) is 12.0. The molecule has 81 valence electrons. The van der Waals surface area contributed by atoms with E-state index in [2.05, 4.69) is 18.2 Å². The standard InChI is InChI=1S/C6H5.C5H5.C3H7.Fe/c1-2-4-6-5-3-1;1-2-4-5-3-1;1-3-2;/h1-5H;1-3H,4H2;3H,1-2H3;/q3*-1;+3. The number of rotatable bonds is 0. The Morgan fingerprint density at radius 1 is 1.07 bits per heavy atom. The normalized spacial score (nSPS) is 10.3. The summed E-state index contributed by atoms with van der Waals surface area (Å²) < 4.78 is 0. The van der Waals surface area contributed by atoms with Gasteiger partial charge in [-0.25, -0.2) is 12.2 Å². The summed E-state index contributed by atoms with van der Waals surface area (Å²) in [5.41, 5.74) is 0. The van der Waals surface area contributed by atoms with Crippen molar-refractivity contribution in [1.29, 1.82) is 0 Å². The van der Waals surface area contributed by atoms with E-state index in [1.54, 1.807) is 0 Å². The molecule has 15 heavy (non-hydrogen) atoms. The molecule has 0 saturated carbocycles. The van der Waals surface area contributed by atoms with E-state index in [0.717, 1.165) is 6.42 Å². The predicted molar refractivity (Wildman–Crippen MR) is 62.5 cm³/mol. The van der Waals surface area contributed by atoms with Crippen LogP contribution < -0.4 is 0 Å². The van der Waals surface area contributed by atoms with Crippen LogP contribution in [0.2, 0.25) is 0 Å². The summed E-state index contributed by atoms with van der Waals surface area (Å²) in [6, 6.07) is 12.5. The van der Waals surface area contributed by atoms with Crippen LogP contribution in [0.25, 0.3) is 0 Å². The Bertz CT molecular complexity index is 200. The second-order valence-corrected chi connectivity index (χ2v) is 2.66. The monoisotopic (exact) mass is 241 g/mol. The van der Waals surface area contributed by atoms with E-state index < -0.39 is 0 Å². The molecular weight excluding hydrogens is 224 g/mol. The zero-order chi connectivity index (χ0) is 10.5. The molecule has 0 amide bonds. The van der Waals surface area contributed by atoms with Gasteiger partial charge in [0, 0.05) is 0 Å². The molecule has 0 heterocycles. The minimum atomic E-state index is 0.